The van der Waals surface area contributed by atoms with E-state index >= 15 is 0 Å². The van der Waals surface area contributed by atoms with Gasteiger partial charge < -0.3 is 18.9 Å². The third-order valence-corrected chi connectivity index (χ3v) is 14.4. The summed E-state index contributed by atoms with van der Waals surface area (Å²) in [6, 6.07) is 0. The molecule has 5 fully saturated rings. The van der Waals surface area contributed by atoms with Gasteiger partial charge in [0.15, 0.2) is 0 Å². The second kappa shape index (κ2) is 11.2. The summed E-state index contributed by atoms with van der Waals surface area (Å²) in [7, 11) is 1.54. The highest BCUT2D eigenvalue weighted by Crippen LogP contribution is 2.77. The van der Waals surface area contributed by atoms with Gasteiger partial charge in [-0.25, -0.2) is 4.79 Å². The van der Waals surface area contributed by atoms with Gasteiger partial charge in [-0.05, 0) is 117 Å². The number of allylic oxidation sites excluding steroid dienone is 1. The Labute approximate surface area is 259 Å². The van der Waals surface area contributed by atoms with Crippen LogP contribution in [0, 0.1) is 56.7 Å². The van der Waals surface area contributed by atoms with E-state index in [0.717, 1.165) is 64.2 Å². The Morgan fingerprint density at radius 1 is 0.791 bits per heavy atom. The molecule has 43 heavy (non-hydrogen) atoms. The number of ether oxygens (including phenoxy) is 4. The molecule has 0 spiro atoms. The Kier molecular flexibility index (Phi) is 8.44. The number of carbonyl (C=O) groups excluding carboxylic acids is 3. The van der Waals surface area contributed by atoms with Crippen molar-refractivity contribution in [1.29, 1.82) is 0 Å². The lowest BCUT2D eigenvalue weighted by molar-refractivity contribution is -0.251. The zero-order valence-electron chi connectivity index (χ0n) is 28.0. The molecule has 7 heteroatoms. The molecule has 0 aromatic heterocycles. The fraction of sp³-hybridized carbons (Fsp3) is 0.861. The Morgan fingerprint density at radius 2 is 1.51 bits per heavy atom. The van der Waals surface area contributed by atoms with Gasteiger partial charge in [-0.2, -0.15) is 0 Å². The Hall–Kier alpha value is -1.89. The SMILES string of the molecule is C=C(C)C1CC[C@]2(C(=O)OCOC(C)=O)CC[C@]3(C)[C@H](CC[C@@H]4[C@@]5(C)CC[C@H](OC(=O)COC)C(C)(C)C5CC[C@]43C)C12. The minimum Gasteiger partial charge on any atom is -0.460 e. The van der Waals surface area contributed by atoms with Crippen molar-refractivity contribution in [3.63, 3.8) is 0 Å². The normalized spacial score (nSPS) is 44.6. The van der Waals surface area contributed by atoms with E-state index in [0.29, 0.717) is 23.7 Å². The van der Waals surface area contributed by atoms with Crippen molar-refractivity contribution in [2.24, 2.45) is 56.7 Å². The number of fused-ring (bicyclic) bond motifs is 7. The first-order valence-electron chi connectivity index (χ1n) is 16.7. The van der Waals surface area contributed by atoms with Crippen molar-refractivity contribution in [2.75, 3.05) is 20.5 Å². The molecule has 3 unspecified atom stereocenters. The predicted octanol–water partition coefficient (Wildman–Crippen LogP) is 7.27. The third kappa shape index (κ3) is 4.80. The number of esters is 3. The van der Waals surface area contributed by atoms with E-state index in [4.69, 9.17) is 18.9 Å². The van der Waals surface area contributed by atoms with Crippen LogP contribution in [0.15, 0.2) is 12.2 Å². The minimum absolute atomic E-state index is 0.0000829. The van der Waals surface area contributed by atoms with Gasteiger partial charge in [-0.1, -0.05) is 46.8 Å². The molecule has 10 atom stereocenters. The van der Waals surface area contributed by atoms with Crippen LogP contribution in [0.4, 0.5) is 0 Å². The van der Waals surface area contributed by atoms with Crippen LogP contribution in [-0.4, -0.2) is 44.5 Å². The fourth-order valence-corrected chi connectivity index (χ4v) is 12.3. The van der Waals surface area contributed by atoms with Crippen LogP contribution < -0.4 is 0 Å². The molecule has 0 saturated heterocycles. The number of carbonyl (C=O) groups is 3. The molecule has 5 aliphatic rings. The zero-order chi connectivity index (χ0) is 31.6. The van der Waals surface area contributed by atoms with Crippen LogP contribution in [0.1, 0.15) is 113 Å². The highest BCUT2D eigenvalue weighted by Gasteiger charge is 2.72. The molecular weight excluding hydrogens is 544 g/mol. The van der Waals surface area contributed by atoms with E-state index in [1.54, 1.807) is 0 Å². The van der Waals surface area contributed by atoms with E-state index in [1.165, 1.54) is 19.6 Å². The van der Waals surface area contributed by atoms with Gasteiger partial charge >= 0.3 is 17.9 Å². The van der Waals surface area contributed by atoms with Gasteiger partial charge in [-0.3, -0.25) is 9.59 Å². The van der Waals surface area contributed by atoms with E-state index in [9.17, 15) is 14.4 Å². The number of rotatable bonds is 7. The van der Waals surface area contributed by atoms with Crippen LogP contribution in [0.2, 0.25) is 0 Å². The molecule has 0 amide bonds. The molecule has 0 bridgehead atoms. The summed E-state index contributed by atoms with van der Waals surface area (Å²) >= 11 is 0. The summed E-state index contributed by atoms with van der Waals surface area (Å²) in [5, 5.41) is 0. The average molecular weight is 601 g/mol. The summed E-state index contributed by atoms with van der Waals surface area (Å²) in [5.41, 5.74) is 0.930. The molecule has 0 N–H and O–H groups in total. The molecule has 0 radical (unpaired) electrons. The van der Waals surface area contributed by atoms with Gasteiger partial charge in [0.05, 0.1) is 5.41 Å². The molecule has 242 valence electrons. The summed E-state index contributed by atoms with van der Waals surface area (Å²) in [4.78, 5) is 37.7. The monoisotopic (exact) mass is 600 g/mol. The quantitative estimate of drug-likeness (QED) is 0.173. The lowest BCUT2D eigenvalue weighted by atomic mass is 9.32. The van der Waals surface area contributed by atoms with E-state index in [1.807, 2.05) is 0 Å². The molecule has 7 nitrogen and oxygen atoms in total. The van der Waals surface area contributed by atoms with Crippen molar-refractivity contribution >= 4 is 17.9 Å². The maximum absolute atomic E-state index is 13.9. The summed E-state index contributed by atoms with van der Waals surface area (Å²) in [5.74, 6) is 1.06. The standard InChI is InChI=1S/C36H56O7/c1-22(2)24-12-17-36(31(39)42-21-41-23(3)37)19-18-34(7)25(30(24)36)10-11-27-33(6)15-14-28(43-29(38)20-40-9)32(4,5)26(33)13-16-35(27,34)8/h24-28,30H,1,10-21H2,2-9H3/t24?,25-,26?,27-,28+,30?,33+,34-,35-,36+/m1/s1. The van der Waals surface area contributed by atoms with E-state index < -0.39 is 11.4 Å². The number of methoxy groups -OCH3 is 1. The zero-order valence-corrected chi connectivity index (χ0v) is 28.0. The van der Waals surface area contributed by atoms with Gasteiger partial charge in [0, 0.05) is 19.4 Å². The van der Waals surface area contributed by atoms with Crippen LogP contribution >= 0.6 is 0 Å². The topological polar surface area (TPSA) is 88.1 Å². The largest absolute Gasteiger partial charge is 0.460 e. The van der Waals surface area contributed by atoms with Gasteiger partial charge in [-0.15, -0.1) is 0 Å². The second-order valence-electron chi connectivity index (χ2n) is 16.3. The summed E-state index contributed by atoms with van der Waals surface area (Å²) in [6.45, 7) is 19.9. The fourth-order valence-electron chi connectivity index (χ4n) is 12.3. The molecule has 0 aromatic rings. The second-order valence-corrected chi connectivity index (χ2v) is 16.3. The molecule has 0 aromatic carbocycles. The first-order chi connectivity index (χ1) is 20.1. The molecule has 5 rings (SSSR count). The predicted molar refractivity (Wildman–Crippen MR) is 163 cm³/mol. The molecule has 0 aliphatic heterocycles. The molecule has 0 heterocycles. The van der Waals surface area contributed by atoms with E-state index in [-0.39, 0.29) is 59.0 Å². The van der Waals surface area contributed by atoms with Crippen LogP contribution in [0.3, 0.4) is 0 Å². The molecule has 5 aliphatic carbocycles. The lowest BCUT2D eigenvalue weighted by Crippen LogP contribution is -2.67. The minimum atomic E-state index is -0.537. The van der Waals surface area contributed by atoms with Crippen molar-refractivity contribution in [3.05, 3.63) is 12.2 Å². The summed E-state index contributed by atoms with van der Waals surface area (Å²) in [6.07, 6.45) is 10.0. The maximum Gasteiger partial charge on any atom is 0.332 e. The highest BCUT2D eigenvalue weighted by atomic mass is 16.7. The lowest BCUT2D eigenvalue weighted by Gasteiger charge is -2.72. The molecule has 5 saturated carbocycles. The van der Waals surface area contributed by atoms with Gasteiger partial charge in [0.25, 0.3) is 0 Å². The number of hydrogen-bond donors (Lipinski definition) is 0. The first kappa shape index (κ1) is 32.5. The van der Waals surface area contributed by atoms with E-state index in [2.05, 4.69) is 48.1 Å². The Bertz CT molecular complexity index is 1140. The number of hydrogen-bond acceptors (Lipinski definition) is 7. The van der Waals surface area contributed by atoms with Crippen molar-refractivity contribution < 1.29 is 33.3 Å². The Morgan fingerprint density at radius 3 is 2.16 bits per heavy atom. The van der Waals surface area contributed by atoms with Gasteiger partial charge in [0.1, 0.15) is 12.7 Å². The summed E-state index contributed by atoms with van der Waals surface area (Å²) < 4.78 is 21.8. The van der Waals surface area contributed by atoms with Crippen LogP contribution in [0.25, 0.3) is 0 Å². The smallest absolute Gasteiger partial charge is 0.332 e. The highest BCUT2D eigenvalue weighted by molar-refractivity contribution is 5.78. The van der Waals surface area contributed by atoms with Crippen LogP contribution in [0.5, 0.6) is 0 Å². The van der Waals surface area contributed by atoms with Gasteiger partial charge in [0.2, 0.25) is 6.79 Å². The molecular formula is C36H56O7. The first-order valence-corrected chi connectivity index (χ1v) is 16.7. The van der Waals surface area contributed by atoms with Crippen molar-refractivity contribution in [1.82, 2.24) is 0 Å². The third-order valence-electron chi connectivity index (χ3n) is 14.4. The Balaban J connectivity index is 1.45. The maximum atomic E-state index is 13.9. The van der Waals surface area contributed by atoms with Crippen molar-refractivity contribution in [2.45, 2.75) is 119 Å². The van der Waals surface area contributed by atoms with Crippen LogP contribution in [-0.2, 0) is 33.3 Å². The average Bonchev–Trinajstić information content (AvgIpc) is 3.32. The van der Waals surface area contributed by atoms with Crippen molar-refractivity contribution in [3.8, 4) is 0 Å².